The van der Waals surface area contributed by atoms with Gasteiger partial charge in [0.25, 0.3) is 0 Å². The number of allylic oxidation sites excluding steroid dienone is 1. The van der Waals surface area contributed by atoms with Crippen LogP contribution in [-0.4, -0.2) is 101 Å². The highest BCUT2D eigenvalue weighted by Crippen LogP contribution is 2.51. The molecule has 0 radical (unpaired) electrons. The molecule has 5 N–H and O–H groups in total. The van der Waals surface area contributed by atoms with E-state index in [-0.39, 0.29) is 6.61 Å². The molecule has 28 heavy (non-hydrogen) atoms. The van der Waals surface area contributed by atoms with Gasteiger partial charge in [0.2, 0.25) is 0 Å². The molecule has 4 aliphatic heterocycles. The van der Waals surface area contributed by atoms with E-state index in [1.165, 1.54) is 13.2 Å². The van der Waals surface area contributed by atoms with Gasteiger partial charge in [-0.3, -0.25) is 4.79 Å². The number of aliphatic hydroxyl groups is 5. The molecule has 11 atom stereocenters. The first-order chi connectivity index (χ1) is 13.3. The molecule has 158 valence electrons. The quantitative estimate of drug-likeness (QED) is 0.237. The Morgan fingerprint density at radius 3 is 2.61 bits per heavy atom. The number of hydrogen-bond donors (Lipinski definition) is 5. The lowest BCUT2D eigenvalue weighted by molar-refractivity contribution is -0.374. The minimum Gasteiger partial charge on any atom is -0.469 e. The minimum atomic E-state index is -1.62. The van der Waals surface area contributed by atoms with E-state index >= 15 is 0 Å². The molecule has 5 rings (SSSR count). The zero-order valence-electron chi connectivity index (χ0n) is 15.0. The lowest BCUT2D eigenvalue weighted by Gasteiger charge is -2.45. The average molecular weight is 404 g/mol. The smallest absolute Gasteiger partial charge is 0.314 e. The van der Waals surface area contributed by atoms with Crippen molar-refractivity contribution in [1.82, 2.24) is 0 Å². The Labute approximate surface area is 160 Å². The molecule has 11 heteroatoms. The third-order valence-corrected chi connectivity index (χ3v) is 5.94. The molecule has 0 spiro atoms. The zero-order chi connectivity index (χ0) is 20.2. The number of fused-ring (bicyclic) bond motifs is 2. The number of aliphatic hydroxyl groups excluding tert-OH is 4. The fraction of sp³-hybridized carbons (Fsp3) is 0.824. The second-order valence-electron chi connectivity index (χ2n) is 7.52. The maximum Gasteiger partial charge on any atom is 0.314 e. The molecule has 11 nitrogen and oxygen atoms in total. The van der Waals surface area contributed by atoms with Crippen LogP contribution < -0.4 is 0 Å². The molecule has 0 aromatic carbocycles. The first kappa shape index (κ1) is 20.1. The lowest BCUT2D eigenvalue weighted by atomic mass is 9.76. The van der Waals surface area contributed by atoms with Gasteiger partial charge in [-0.05, 0) is 0 Å². The van der Waals surface area contributed by atoms with Crippen LogP contribution in [0.2, 0.25) is 0 Å². The van der Waals surface area contributed by atoms with Crippen LogP contribution in [0, 0.1) is 17.8 Å². The van der Waals surface area contributed by atoms with Gasteiger partial charge in [0.05, 0.1) is 26.2 Å². The predicted octanol–water partition coefficient (Wildman–Crippen LogP) is -3.16. The molecule has 4 bridgehead atoms. The summed E-state index contributed by atoms with van der Waals surface area (Å²) in [5.41, 5.74) is -1.47. The van der Waals surface area contributed by atoms with Crippen molar-refractivity contribution >= 4 is 5.97 Å². The number of carbonyl (C=O) groups excluding carboxylic acids is 1. The molecule has 0 amide bonds. The second kappa shape index (κ2) is 7.27. The lowest BCUT2D eigenvalue weighted by Crippen LogP contribution is -2.61. The number of ether oxygens (including phenoxy) is 5. The highest BCUT2D eigenvalue weighted by molar-refractivity contribution is 5.74. The predicted molar refractivity (Wildman–Crippen MR) is 86.0 cm³/mol. The average Bonchev–Trinajstić information content (AvgIpc) is 2.90. The maximum atomic E-state index is 12.2. The molecular weight excluding hydrogens is 380 g/mol. The van der Waals surface area contributed by atoms with E-state index < -0.39 is 79.2 Å². The summed E-state index contributed by atoms with van der Waals surface area (Å²) >= 11 is 0. The molecule has 4 fully saturated rings. The van der Waals surface area contributed by atoms with Crippen LogP contribution in [0.3, 0.4) is 0 Å². The monoisotopic (exact) mass is 404 g/mol. The fourth-order valence-corrected chi connectivity index (χ4v) is 4.42. The summed E-state index contributed by atoms with van der Waals surface area (Å²) in [6.45, 7) is -0.735. The molecule has 1 aliphatic carbocycles. The summed E-state index contributed by atoms with van der Waals surface area (Å²) in [4.78, 5) is 12.2. The number of methoxy groups -OCH3 is 1. The largest absolute Gasteiger partial charge is 0.469 e. The molecule has 4 heterocycles. The molecule has 0 saturated carbocycles. The molecule has 0 aromatic rings. The number of carbonyl (C=O) groups is 1. The van der Waals surface area contributed by atoms with Gasteiger partial charge >= 0.3 is 5.97 Å². The van der Waals surface area contributed by atoms with E-state index in [1.54, 1.807) is 6.08 Å². The highest BCUT2D eigenvalue weighted by Gasteiger charge is 2.63. The van der Waals surface area contributed by atoms with Gasteiger partial charge < -0.3 is 49.2 Å². The summed E-state index contributed by atoms with van der Waals surface area (Å²) in [5.74, 6) is -2.63. The van der Waals surface area contributed by atoms with Crippen LogP contribution >= 0.6 is 0 Å². The van der Waals surface area contributed by atoms with Crippen LogP contribution in [0.5, 0.6) is 0 Å². The summed E-state index contributed by atoms with van der Waals surface area (Å²) in [6, 6.07) is 0. The van der Waals surface area contributed by atoms with E-state index in [0.717, 1.165) is 0 Å². The van der Waals surface area contributed by atoms with Crippen molar-refractivity contribution in [3.63, 3.8) is 0 Å². The molecule has 4 saturated heterocycles. The Hall–Kier alpha value is -1.15. The number of hydrogen-bond acceptors (Lipinski definition) is 11. The highest BCUT2D eigenvalue weighted by atomic mass is 16.8. The van der Waals surface area contributed by atoms with Gasteiger partial charge in [-0.1, -0.05) is 12.2 Å². The van der Waals surface area contributed by atoms with Crippen LogP contribution in [-0.2, 0) is 28.5 Å². The van der Waals surface area contributed by atoms with Crippen LogP contribution in [0.4, 0.5) is 0 Å². The number of rotatable bonds is 4. The summed E-state index contributed by atoms with van der Waals surface area (Å²) in [5, 5.41) is 50.3. The Morgan fingerprint density at radius 2 is 1.93 bits per heavy atom. The fourth-order valence-electron chi connectivity index (χ4n) is 4.42. The Morgan fingerprint density at radius 1 is 1.18 bits per heavy atom. The van der Waals surface area contributed by atoms with Crippen molar-refractivity contribution in [2.24, 2.45) is 17.8 Å². The standard InChI is InChI=1S/C17H24O11/c1-24-13(22)8-6-2-3-17(23)5-25-14(8)27-15(9(6)17)28-16-12(21)11(20)10(19)7(4-18)26-16/h2-3,6-12,14-16,18-21,23H,4-5H2,1H3/t6-,7-,8+,9-,10-,11+,12-,14-,15+,16+,17-/m1/s1. The summed E-state index contributed by atoms with van der Waals surface area (Å²) in [6.07, 6.45) is -6.36. The van der Waals surface area contributed by atoms with E-state index in [4.69, 9.17) is 23.7 Å². The van der Waals surface area contributed by atoms with Crippen LogP contribution in [0.1, 0.15) is 0 Å². The Balaban J connectivity index is 1.58. The van der Waals surface area contributed by atoms with E-state index in [2.05, 4.69) is 0 Å². The van der Waals surface area contributed by atoms with Crippen LogP contribution in [0.15, 0.2) is 12.2 Å². The molecule has 5 aliphatic rings. The van der Waals surface area contributed by atoms with Crippen molar-refractivity contribution < 1.29 is 54.0 Å². The Kier molecular flexibility index (Phi) is 5.23. The van der Waals surface area contributed by atoms with E-state index in [0.29, 0.717) is 0 Å². The maximum absolute atomic E-state index is 12.2. The number of esters is 1. The van der Waals surface area contributed by atoms with Crippen molar-refractivity contribution in [3.05, 3.63) is 12.2 Å². The third kappa shape index (κ3) is 2.98. The Bertz CT molecular complexity index is 639. The van der Waals surface area contributed by atoms with E-state index in [1.807, 2.05) is 0 Å². The van der Waals surface area contributed by atoms with Gasteiger partial charge in [-0.2, -0.15) is 0 Å². The zero-order valence-corrected chi connectivity index (χ0v) is 15.0. The van der Waals surface area contributed by atoms with Crippen molar-refractivity contribution in [2.75, 3.05) is 20.3 Å². The molecular formula is C17H24O11. The molecule has 0 aromatic heterocycles. The second-order valence-corrected chi connectivity index (χ2v) is 7.52. The first-order valence-electron chi connectivity index (χ1n) is 9.03. The van der Waals surface area contributed by atoms with Crippen molar-refractivity contribution in [3.8, 4) is 0 Å². The van der Waals surface area contributed by atoms with Gasteiger partial charge in [-0.15, -0.1) is 0 Å². The van der Waals surface area contributed by atoms with Crippen molar-refractivity contribution in [2.45, 2.75) is 48.9 Å². The van der Waals surface area contributed by atoms with Gasteiger partial charge in [-0.25, -0.2) is 0 Å². The van der Waals surface area contributed by atoms with Gasteiger partial charge in [0.1, 0.15) is 35.9 Å². The first-order valence-corrected chi connectivity index (χ1v) is 9.03. The van der Waals surface area contributed by atoms with Gasteiger partial charge in [0.15, 0.2) is 18.9 Å². The van der Waals surface area contributed by atoms with Crippen LogP contribution in [0.25, 0.3) is 0 Å². The van der Waals surface area contributed by atoms with Crippen molar-refractivity contribution in [1.29, 1.82) is 0 Å². The topological polar surface area (TPSA) is 164 Å². The summed E-state index contributed by atoms with van der Waals surface area (Å²) < 4.78 is 27.2. The minimum absolute atomic E-state index is 0.128. The summed E-state index contributed by atoms with van der Waals surface area (Å²) in [7, 11) is 1.24. The third-order valence-electron chi connectivity index (χ3n) is 5.94. The van der Waals surface area contributed by atoms with Gasteiger partial charge in [0, 0.05) is 5.92 Å². The SMILES string of the molecule is COC(=O)[C@H]1[C@@H]2OC[C@]3(O)C=C[C@H]1[C@@H]3[C@H](O[C@@H]1O[C@H](CO)[C@@H](O)[C@H](O)[C@H]1O)O2. The normalized spacial score (nSPS) is 52.5. The van der Waals surface area contributed by atoms with E-state index in [9.17, 15) is 30.3 Å². The molecule has 0 unspecified atom stereocenters.